The van der Waals surface area contributed by atoms with Gasteiger partial charge in [0.05, 0.1) is 5.03 Å². The molecule has 2 aromatic carbocycles. The van der Waals surface area contributed by atoms with Gasteiger partial charge in [0.15, 0.2) is 0 Å². The molecule has 1 nitrogen and oxygen atoms in total. The minimum absolute atomic E-state index is 1.26. The Morgan fingerprint density at radius 2 is 1.71 bits per heavy atom. The summed E-state index contributed by atoms with van der Waals surface area (Å²) in [6, 6.07) is 19.3. The van der Waals surface area contributed by atoms with Gasteiger partial charge in [-0.1, -0.05) is 42.1 Å². The summed E-state index contributed by atoms with van der Waals surface area (Å²) in [7, 11) is 2.07. The highest BCUT2D eigenvalue weighted by Crippen LogP contribution is 2.29. The van der Waals surface area contributed by atoms with Crippen molar-refractivity contribution < 1.29 is 0 Å². The molecule has 0 fully saturated rings. The standard InChI is InChI=1S/C15H13NS/c1-16-10-4-7-15(16)17-14-9-8-12-5-2-3-6-13(12)11-14/h2-11H,1H3. The van der Waals surface area contributed by atoms with Crippen LogP contribution in [0.1, 0.15) is 0 Å². The minimum Gasteiger partial charge on any atom is -0.346 e. The van der Waals surface area contributed by atoms with E-state index in [1.165, 1.54) is 20.7 Å². The Balaban J connectivity index is 1.99. The van der Waals surface area contributed by atoms with E-state index in [1.807, 2.05) is 0 Å². The van der Waals surface area contributed by atoms with Crippen molar-refractivity contribution in [3.63, 3.8) is 0 Å². The van der Waals surface area contributed by atoms with Crippen LogP contribution in [0.4, 0.5) is 0 Å². The van der Waals surface area contributed by atoms with Crippen molar-refractivity contribution in [1.29, 1.82) is 0 Å². The van der Waals surface area contributed by atoms with Crippen molar-refractivity contribution in [1.82, 2.24) is 4.57 Å². The Morgan fingerprint density at radius 3 is 2.47 bits per heavy atom. The second-order valence-electron chi connectivity index (χ2n) is 4.07. The molecule has 0 aliphatic heterocycles. The summed E-state index contributed by atoms with van der Waals surface area (Å²) >= 11 is 1.80. The number of hydrogen-bond donors (Lipinski definition) is 0. The van der Waals surface area contributed by atoms with Crippen LogP contribution in [-0.2, 0) is 7.05 Å². The first kappa shape index (κ1) is 10.5. The van der Waals surface area contributed by atoms with Crippen LogP contribution in [0.2, 0.25) is 0 Å². The summed E-state index contributed by atoms with van der Waals surface area (Å²) in [5, 5.41) is 3.86. The molecule has 0 aliphatic carbocycles. The maximum atomic E-state index is 2.24. The van der Waals surface area contributed by atoms with Crippen LogP contribution in [0.3, 0.4) is 0 Å². The topological polar surface area (TPSA) is 4.93 Å². The molecule has 1 aromatic heterocycles. The van der Waals surface area contributed by atoms with Crippen LogP contribution < -0.4 is 0 Å². The lowest BCUT2D eigenvalue weighted by atomic mass is 10.1. The van der Waals surface area contributed by atoms with E-state index in [0.717, 1.165) is 0 Å². The van der Waals surface area contributed by atoms with Gasteiger partial charge in [-0.3, -0.25) is 0 Å². The average Bonchev–Trinajstić information content (AvgIpc) is 2.75. The molecule has 0 saturated carbocycles. The largest absolute Gasteiger partial charge is 0.346 e. The van der Waals surface area contributed by atoms with E-state index in [0.29, 0.717) is 0 Å². The molecule has 0 bridgehead atoms. The summed E-state index contributed by atoms with van der Waals surface area (Å²) in [5.74, 6) is 0. The van der Waals surface area contributed by atoms with Crippen LogP contribution in [0.15, 0.2) is 70.7 Å². The van der Waals surface area contributed by atoms with Crippen molar-refractivity contribution in [3.05, 3.63) is 60.8 Å². The first-order chi connectivity index (χ1) is 8.33. The lowest BCUT2D eigenvalue weighted by molar-refractivity contribution is 0.829. The van der Waals surface area contributed by atoms with Gasteiger partial charge in [-0.15, -0.1) is 0 Å². The van der Waals surface area contributed by atoms with E-state index in [2.05, 4.69) is 72.4 Å². The quantitative estimate of drug-likeness (QED) is 0.644. The highest BCUT2D eigenvalue weighted by Gasteiger charge is 2.01. The number of aromatic nitrogens is 1. The van der Waals surface area contributed by atoms with Gasteiger partial charge in [0.25, 0.3) is 0 Å². The lowest BCUT2D eigenvalue weighted by Crippen LogP contribution is -1.86. The van der Waals surface area contributed by atoms with Crippen LogP contribution in [0, 0.1) is 0 Å². The van der Waals surface area contributed by atoms with Gasteiger partial charge in [-0.05, 0) is 35.0 Å². The summed E-state index contributed by atoms with van der Waals surface area (Å²) in [4.78, 5) is 1.28. The zero-order valence-corrected chi connectivity index (χ0v) is 10.4. The predicted octanol–water partition coefficient (Wildman–Crippen LogP) is 4.33. The first-order valence-corrected chi connectivity index (χ1v) is 6.42. The second-order valence-corrected chi connectivity index (χ2v) is 5.16. The fraction of sp³-hybridized carbons (Fsp3) is 0.0667. The van der Waals surface area contributed by atoms with E-state index < -0.39 is 0 Å². The highest BCUT2D eigenvalue weighted by molar-refractivity contribution is 7.99. The third-order valence-corrected chi connectivity index (χ3v) is 3.96. The number of hydrogen-bond acceptors (Lipinski definition) is 1. The van der Waals surface area contributed by atoms with E-state index in [4.69, 9.17) is 0 Å². The number of rotatable bonds is 2. The highest BCUT2D eigenvalue weighted by atomic mass is 32.2. The Bertz CT molecular complexity index is 655. The summed E-state index contributed by atoms with van der Waals surface area (Å²) in [6.45, 7) is 0. The van der Waals surface area contributed by atoms with E-state index in [1.54, 1.807) is 11.8 Å². The zero-order valence-electron chi connectivity index (χ0n) is 9.63. The lowest BCUT2D eigenvalue weighted by Gasteiger charge is -2.04. The molecule has 0 atom stereocenters. The molecular weight excluding hydrogens is 226 g/mol. The maximum Gasteiger partial charge on any atom is 0.0793 e. The Labute approximate surface area is 105 Å². The van der Waals surface area contributed by atoms with Gasteiger partial charge in [0.1, 0.15) is 0 Å². The molecule has 0 spiro atoms. The Kier molecular flexibility index (Phi) is 2.65. The van der Waals surface area contributed by atoms with E-state index in [9.17, 15) is 0 Å². The molecule has 0 aliphatic rings. The van der Waals surface area contributed by atoms with Crippen molar-refractivity contribution >= 4 is 22.5 Å². The van der Waals surface area contributed by atoms with Crippen molar-refractivity contribution in [2.45, 2.75) is 9.92 Å². The smallest absolute Gasteiger partial charge is 0.0793 e. The summed E-state index contributed by atoms with van der Waals surface area (Å²) in [6.07, 6.45) is 2.07. The maximum absolute atomic E-state index is 2.24. The second kappa shape index (κ2) is 4.30. The Morgan fingerprint density at radius 1 is 0.882 bits per heavy atom. The molecule has 0 saturated heterocycles. The van der Waals surface area contributed by atoms with Crippen molar-refractivity contribution in [3.8, 4) is 0 Å². The summed E-state index contributed by atoms with van der Waals surface area (Å²) < 4.78 is 2.14. The normalized spacial score (nSPS) is 10.9. The number of nitrogens with zero attached hydrogens (tertiary/aromatic N) is 1. The van der Waals surface area contributed by atoms with Gasteiger partial charge in [-0.25, -0.2) is 0 Å². The SMILES string of the molecule is Cn1cccc1Sc1ccc2ccccc2c1. The Hall–Kier alpha value is -1.67. The molecule has 84 valence electrons. The third-order valence-electron chi connectivity index (χ3n) is 2.84. The number of fused-ring (bicyclic) bond motifs is 1. The molecule has 2 heteroatoms. The molecule has 3 rings (SSSR count). The van der Waals surface area contributed by atoms with Gasteiger partial charge in [0.2, 0.25) is 0 Å². The fourth-order valence-electron chi connectivity index (χ4n) is 1.90. The predicted molar refractivity (Wildman–Crippen MR) is 73.5 cm³/mol. The molecule has 0 unspecified atom stereocenters. The van der Waals surface area contributed by atoms with Gasteiger partial charge in [0, 0.05) is 18.1 Å². The van der Waals surface area contributed by atoms with Gasteiger partial charge >= 0.3 is 0 Å². The molecular formula is C15H13NS. The van der Waals surface area contributed by atoms with E-state index in [-0.39, 0.29) is 0 Å². The first-order valence-electron chi connectivity index (χ1n) is 5.61. The third kappa shape index (κ3) is 2.08. The minimum atomic E-state index is 1.26. The summed E-state index contributed by atoms with van der Waals surface area (Å²) in [5.41, 5.74) is 0. The number of aryl methyl sites for hydroxylation is 1. The van der Waals surface area contributed by atoms with Crippen LogP contribution in [0.25, 0.3) is 10.8 Å². The molecule has 1 heterocycles. The van der Waals surface area contributed by atoms with Crippen molar-refractivity contribution in [2.75, 3.05) is 0 Å². The molecule has 0 amide bonds. The molecule has 0 radical (unpaired) electrons. The van der Waals surface area contributed by atoms with Crippen LogP contribution >= 0.6 is 11.8 Å². The monoisotopic (exact) mass is 239 g/mol. The van der Waals surface area contributed by atoms with Crippen molar-refractivity contribution in [2.24, 2.45) is 7.05 Å². The van der Waals surface area contributed by atoms with E-state index >= 15 is 0 Å². The number of benzene rings is 2. The van der Waals surface area contributed by atoms with Gasteiger partial charge in [-0.2, -0.15) is 0 Å². The van der Waals surface area contributed by atoms with Gasteiger partial charge < -0.3 is 4.57 Å². The molecule has 3 aromatic rings. The fourth-order valence-corrected chi connectivity index (χ4v) is 2.82. The zero-order chi connectivity index (χ0) is 11.7. The molecule has 0 N–H and O–H groups in total. The molecule has 17 heavy (non-hydrogen) atoms. The van der Waals surface area contributed by atoms with Crippen LogP contribution in [-0.4, -0.2) is 4.57 Å². The average molecular weight is 239 g/mol. The van der Waals surface area contributed by atoms with Crippen LogP contribution in [0.5, 0.6) is 0 Å².